The van der Waals surface area contributed by atoms with Crippen molar-refractivity contribution in [1.29, 1.82) is 0 Å². The predicted molar refractivity (Wildman–Crippen MR) is 111 cm³/mol. The SMILES string of the molecule is CCNC(=NCc1csc(C(C)C)n1)N1CCN(c2ccccc2)CC1. The molecule has 2 heterocycles. The molecule has 0 unspecified atom stereocenters. The Balaban J connectivity index is 1.61. The number of rotatable bonds is 5. The van der Waals surface area contributed by atoms with Crippen LogP contribution in [0.1, 0.15) is 37.4 Å². The number of hydrogen-bond donors (Lipinski definition) is 1. The van der Waals surface area contributed by atoms with Gasteiger partial charge in [-0.25, -0.2) is 9.98 Å². The molecule has 0 spiro atoms. The number of hydrogen-bond acceptors (Lipinski definition) is 4. The Morgan fingerprint density at radius 3 is 2.54 bits per heavy atom. The summed E-state index contributed by atoms with van der Waals surface area (Å²) in [6.45, 7) is 12.0. The first-order chi connectivity index (χ1) is 12.7. The minimum atomic E-state index is 0.483. The molecule has 1 N–H and O–H groups in total. The Hall–Kier alpha value is -2.08. The fraction of sp³-hybridized carbons (Fsp3) is 0.500. The molecule has 0 bridgehead atoms. The van der Waals surface area contributed by atoms with E-state index in [0.717, 1.165) is 44.4 Å². The van der Waals surface area contributed by atoms with Gasteiger partial charge in [-0.15, -0.1) is 11.3 Å². The highest BCUT2D eigenvalue weighted by Crippen LogP contribution is 2.20. The lowest BCUT2D eigenvalue weighted by Crippen LogP contribution is -2.52. The van der Waals surface area contributed by atoms with E-state index in [-0.39, 0.29) is 0 Å². The van der Waals surface area contributed by atoms with Gasteiger partial charge in [0.25, 0.3) is 0 Å². The number of guanidine groups is 1. The lowest BCUT2D eigenvalue weighted by atomic mass is 10.2. The van der Waals surface area contributed by atoms with Crippen molar-refractivity contribution < 1.29 is 0 Å². The van der Waals surface area contributed by atoms with Gasteiger partial charge < -0.3 is 15.1 Å². The topological polar surface area (TPSA) is 43.8 Å². The average Bonchev–Trinajstić information content (AvgIpc) is 3.15. The van der Waals surface area contributed by atoms with E-state index in [0.29, 0.717) is 12.5 Å². The molecule has 6 heteroatoms. The smallest absolute Gasteiger partial charge is 0.194 e. The van der Waals surface area contributed by atoms with Crippen molar-refractivity contribution in [2.45, 2.75) is 33.2 Å². The molecule has 0 radical (unpaired) electrons. The molecule has 3 rings (SSSR count). The zero-order valence-corrected chi connectivity index (χ0v) is 16.8. The van der Waals surface area contributed by atoms with E-state index in [9.17, 15) is 0 Å². The summed E-state index contributed by atoms with van der Waals surface area (Å²) in [4.78, 5) is 14.3. The number of aromatic nitrogens is 1. The van der Waals surface area contributed by atoms with Crippen LogP contribution < -0.4 is 10.2 Å². The summed E-state index contributed by atoms with van der Waals surface area (Å²) >= 11 is 1.74. The molecular formula is C20H29N5S. The van der Waals surface area contributed by atoms with Gasteiger partial charge in [-0.2, -0.15) is 0 Å². The number of nitrogens with zero attached hydrogens (tertiary/aromatic N) is 4. The summed E-state index contributed by atoms with van der Waals surface area (Å²) in [6.07, 6.45) is 0. The Bertz CT molecular complexity index is 702. The molecule has 1 aliphatic heterocycles. The first-order valence-corrected chi connectivity index (χ1v) is 10.3. The molecule has 1 aromatic carbocycles. The molecule has 0 saturated carbocycles. The maximum atomic E-state index is 4.83. The van der Waals surface area contributed by atoms with Crippen LogP contribution in [0.15, 0.2) is 40.7 Å². The molecule has 1 aliphatic rings. The monoisotopic (exact) mass is 371 g/mol. The molecule has 0 aliphatic carbocycles. The summed E-state index contributed by atoms with van der Waals surface area (Å²) in [7, 11) is 0. The van der Waals surface area contributed by atoms with Crippen LogP contribution in [0.2, 0.25) is 0 Å². The van der Waals surface area contributed by atoms with E-state index < -0.39 is 0 Å². The van der Waals surface area contributed by atoms with Gasteiger partial charge in [0.2, 0.25) is 0 Å². The third kappa shape index (κ3) is 4.75. The fourth-order valence-electron chi connectivity index (χ4n) is 3.06. The van der Waals surface area contributed by atoms with Gasteiger partial charge in [-0.3, -0.25) is 0 Å². The summed E-state index contributed by atoms with van der Waals surface area (Å²) in [5.41, 5.74) is 2.37. The fourth-order valence-corrected chi connectivity index (χ4v) is 3.88. The predicted octanol–water partition coefficient (Wildman–Crippen LogP) is 3.55. The lowest BCUT2D eigenvalue weighted by Gasteiger charge is -2.37. The largest absolute Gasteiger partial charge is 0.368 e. The first-order valence-electron chi connectivity index (χ1n) is 9.45. The van der Waals surface area contributed by atoms with Crippen molar-refractivity contribution in [2.75, 3.05) is 37.6 Å². The zero-order valence-electron chi connectivity index (χ0n) is 16.0. The van der Waals surface area contributed by atoms with Gasteiger partial charge in [-0.1, -0.05) is 32.0 Å². The molecule has 2 aromatic rings. The number of para-hydroxylation sites is 1. The molecule has 1 saturated heterocycles. The van der Waals surface area contributed by atoms with Crippen molar-refractivity contribution >= 4 is 23.0 Å². The maximum Gasteiger partial charge on any atom is 0.194 e. The highest BCUT2D eigenvalue weighted by atomic mass is 32.1. The molecule has 0 amide bonds. The van der Waals surface area contributed by atoms with E-state index in [1.807, 2.05) is 0 Å². The van der Waals surface area contributed by atoms with Crippen molar-refractivity contribution in [3.63, 3.8) is 0 Å². The minimum Gasteiger partial charge on any atom is -0.368 e. The molecule has 140 valence electrons. The number of piperazine rings is 1. The summed E-state index contributed by atoms with van der Waals surface area (Å²) in [5.74, 6) is 1.48. The van der Waals surface area contributed by atoms with Gasteiger partial charge >= 0.3 is 0 Å². The zero-order chi connectivity index (χ0) is 18.4. The van der Waals surface area contributed by atoms with Crippen molar-refractivity contribution in [3.8, 4) is 0 Å². The van der Waals surface area contributed by atoms with E-state index in [4.69, 9.17) is 9.98 Å². The average molecular weight is 372 g/mol. The van der Waals surface area contributed by atoms with Crippen molar-refractivity contribution in [2.24, 2.45) is 4.99 Å². The Kier molecular flexibility index (Phi) is 6.50. The second-order valence-corrected chi connectivity index (χ2v) is 7.70. The molecule has 1 aromatic heterocycles. The van der Waals surface area contributed by atoms with Gasteiger partial charge in [-0.05, 0) is 19.1 Å². The van der Waals surface area contributed by atoms with Crippen LogP contribution in [0.3, 0.4) is 0 Å². The number of anilines is 1. The summed E-state index contributed by atoms with van der Waals surface area (Å²) in [5, 5.41) is 6.77. The molecule has 26 heavy (non-hydrogen) atoms. The quantitative estimate of drug-likeness (QED) is 0.645. The third-order valence-corrected chi connectivity index (χ3v) is 5.68. The highest BCUT2D eigenvalue weighted by Gasteiger charge is 2.19. The van der Waals surface area contributed by atoms with Crippen LogP contribution in [-0.2, 0) is 6.54 Å². The Morgan fingerprint density at radius 2 is 1.92 bits per heavy atom. The standard InChI is InChI=1S/C20H29N5S/c1-4-21-20(22-14-17-15-26-19(23-17)16(2)3)25-12-10-24(11-13-25)18-8-6-5-7-9-18/h5-9,15-16H,4,10-14H2,1-3H3,(H,21,22). The molecule has 1 fully saturated rings. The van der Waals surface area contributed by atoms with Crippen molar-refractivity contribution in [3.05, 3.63) is 46.4 Å². The normalized spacial score (nSPS) is 15.6. The maximum absolute atomic E-state index is 4.83. The highest BCUT2D eigenvalue weighted by molar-refractivity contribution is 7.09. The van der Waals surface area contributed by atoms with Gasteiger partial charge in [0, 0.05) is 49.7 Å². The van der Waals surface area contributed by atoms with Crippen LogP contribution in [-0.4, -0.2) is 48.6 Å². The van der Waals surface area contributed by atoms with Crippen LogP contribution in [0.5, 0.6) is 0 Å². The van der Waals surface area contributed by atoms with E-state index >= 15 is 0 Å². The summed E-state index contributed by atoms with van der Waals surface area (Å²) < 4.78 is 0. The van der Waals surface area contributed by atoms with Crippen LogP contribution >= 0.6 is 11.3 Å². The van der Waals surface area contributed by atoms with Crippen LogP contribution in [0.25, 0.3) is 0 Å². The Labute approximate surface area is 160 Å². The lowest BCUT2D eigenvalue weighted by molar-refractivity contribution is 0.372. The van der Waals surface area contributed by atoms with E-state index in [1.165, 1.54) is 10.7 Å². The second-order valence-electron chi connectivity index (χ2n) is 6.81. The van der Waals surface area contributed by atoms with E-state index in [1.54, 1.807) is 11.3 Å². The van der Waals surface area contributed by atoms with Crippen LogP contribution in [0.4, 0.5) is 5.69 Å². The second kappa shape index (κ2) is 9.03. The number of thiazole rings is 1. The molecule has 0 atom stereocenters. The van der Waals surface area contributed by atoms with Crippen molar-refractivity contribution in [1.82, 2.24) is 15.2 Å². The molecule has 5 nitrogen and oxygen atoms in total. The third-order valence-electron chi connectivity index (χ3n) is 4.49. The number of aliphatic imine (C=N–C) groups is 1. The summed E-state index contributed by atoms with van der Waals surface area (Å²) in [6, 6.07) is 10.6. The van der Waals surface area contributed by atoms with E-state index in [2.05, 4.69) is 71.6 Å². The van der Waals surface area contributed by atoms with Gasteiger partial charge in [0.05, 0.1) is 17.2 Å². The van der Waals surface area contributed by atoms with Gasteiger partial charge in [0.15, 0.2) is 5.96 Å². The minimum absolute atomic E-state index is 0.483. The number of nitrogens with one attached hydrogen (secondary N) is 1. The molecular weight excluding hydrogens is 342 g/mol. The Morgan fingerprint density at radius 1 is 1.19 bits per heavy atom. The number of benzene rings is 1. The first kappa shape index (κ1) is 18.7. The van der Waals surface area contributed by atoms with Gasteiger partial charge in [0.1, 0.15) is 0 Å². The van der Waals surface area contributed by atoms with Crippen LogP contribution in [0, 0.1) is 0 Å².